The van der Waals surface area contributed by atoms with Crippen LogP contribution in [-0.2, 0) is 16.1 Å². The summed E-state index contributed by atoms with van der Waals surface area (Å²) in [5, 5.41) is 15.1. The van der Waals surface area contributed by atoms with E-state index in [1.54, 1.807) is 41.7 Å². The molecule has 0 bridgehead atoms. The lowest BCUT2D eigenvalue weighted by Crippen LogP contribution is -2.91. The van der Waals surface area contributed by atoms with Crippen molar-refractivity contribution in [2.75, 3.05) is 5.32 Å². The average molecular weight is 288 g/mol. The number of nitrogens with one attached hydrogen (secondary N) is 1. The van der Waals surface area contributed by atoms with Crippen molar-refractivity contribution < 1.29 is 24.4 Å². The van der Waals surface area contributed by atoms with Crippen molar-refractivity contribution >= 4 is 17.6 Å². The number of carbonyl (C=O) groups excluding carboxylic acids is 2. The molecule has 0 saturated carbocycles. The van der Waals surface area contributed by atoms with Crippen molar-refractivity contribution in [3.8, 4) is 0 Å². The molecule has 0 aliphatic carbocycles. The molecule has 6 nitrogen and oxygen atoms in total. The van der Waals surface area contributed by atoms with Gasteiger partial charge in [0.05, 0.1) is 6.26 Å². The Bertz CT molecular complexity index is 581. The third-order valence-electron chi connectivity index (χ3n) is 2.95. The molecule has 6 heteroatoms. The Labute approximate surface area is 121 Å². The zero-order chi connectivity index (χ0) is 15.1. The molecule has 0 aliphatic heterocycles. The lowest BCUT2D eigenvalue weighted by Gasteiger charge is -2.15. The minimum atomic E-state index is -1.26. The summed E-state index contributed by atoms with van der Waals surface area (Å²) >= 11 is 0. The third-order valence-corrected chi connectivity index (χ3v) is 2.95. The van der Waals surface area contributed by atoms with E-state index in [-0.39, 0.29) is 12.3 Å². The van der Waals surface area contributed by atoms with E-state index in [9.17, 15) is 14.7 Å². The van der Waals surface area contributed by atoms with Crippen molar-refractivity contribution in [3.63, 3.8) is 0 Å². The van der Waals surface area contributed by atoms with E-state index >= 15 is 0 Å². The number of carboxylic acid groups (broad SMARTS) is 1. The molecular formula is C15H16N2O4. The van der Waals surface area contributed by atoms with E-state index in [0.717, 1.165) is 0 Å². The van der Waals surface area contributed by atoms with Gasteiger partial charge in [0.2, 0.25) is 0 Å². The monoisotopic (exact) mass is 288 g/mol. The molecule has 1 heterocycles. The first-order chi connectivity index (χ1) is 10.1. The number of anilines is 1. The summed E-state index contributed by atoms with van der Waals surface area (Å²) in [6.45, 7) is 0.382. The second-order valence-electron chi connectivity index (χ2n) is 4.56. The fourth-order valence-corrected chi connectivity index (χ4v) is 1.91. The predicted octanol–water partition coefficient (Wildman–Crippen LogP) is -0.510. The normalized spacial score (nSPS) is 11.8. The standard InChI is InChI=1S/C15H16N2O4/c18-14(19)9-13(16-10-12-7-4-8-21-12)15(20)17-11-5-2-1-3-6-11/h1-8,13,16H,9-10H2,(H,17,20)(H,18,19)/t13-/m1/s1. The maximum atomic E-state index is 12.1. The van der Waals surface area contributed by atoms with Crippen molar-refractivity contribution in [1.82, 2.24) is 0 Å². The molecular weight excluding hydrogens is 272 g/mol. The molecule has 1 aromatic heterocycles. The Morgan fingerprint density at radius 2 is 1.95 bits per heavy atom. The maximum Gasteiger partial charge on any atom is 0.283 e. The van der Waals surface area contributed by atoms with Crippen LogP contribution in [0.15, 0.2) is 53.1 Å². The van der Waals surface area contributed by atoms with E-state index in [4.69, 9.17) is 4.42 Å². The van der Waals surface area contributed by atoms with Gasteiger partial charge >= 0.3 is 0 Å². The molecule has 21 heavy (non-hydrogen) atoms. The zero-order valence-corrected chi connectivity index (χ0v) is 11.3. The number of rotatable bonds is 7. The van der Waals surface area contributed by atoms with Crippen molar-refractivity contribution in [2.24, 2.45) is 0 Å². The molecule has 1 amide bonds. The van der Waals surface area contributed by atoms with Gasteiger partial charge in [-0.3, -0.25) is 4.79 Å². The molecule has 0 unspecified atom stereocenters. The van der Waals surface area contributed by atoms with Gasteiger partial charge in [0, 0.05) is 18.1 Å². The fraction of sp³-hybridized carbons (Fsp3) is 0.200. The van der Waals surface area contributed by atoms with Crippen LogP contribution < -0.4 is 15.7 Å². The van der Waals surface area contributed by atoms with Crippen LogP contribution in [0.25, 0.3) is 0 Å². The Balaban J connectivity index is 1.97. The molecule has 2 rings (SSSR count). The number of quaternary nitrogens is 1. The summed E-state index contributed by atoms with van der Waals surface area (Å²) in [5.74, 6) is -0.971. The van der Waals surface area contributed by atoms with Crippen LogP contribution in [0.2, 0.25) is 0 Å². The number of para-hydroxylation sites is 1. The van der Waals surface area contributed by atoms with E-state index in [0.29, 0.717) is 18.0 Å². The molecule has 0 fully saturated rings. The predicted molar refractivity (Wildman–Crippen MR) is 72.8 cm³/mol. The van der Waals surface area contributed by atoms with Gasteiger partial charge in [-0.1, -0.05) is 18.2 Å². The average Bonchev–Trinajstić information content (AvgIpc) is 2.97. The summed E-state index contributed by atoms with van der Waals surface area (Å²) in [4.78, 5) is 22.9. The highest BCUT2D eigenvalue weighted by atomic mass is 16.4. The number of amides is 1. The molecule has 110 valence electrons. The van der Waals surface area contributed by atoms with Gasteiger partial charge in [-0.2, -0.15) is 0 Å². The van der Waals surface area contributed by atoms with Crippen LogP contribution in [0.3, 0.4) is 0 Å². The summed E-state index contributed by atoms with van der Waals surface area (Å²) in [7, 11) is 0. The lowest BCUT2D eigenvalue weighted by molar-refractivity contribution is -0.693. The van der Waals surface area contributed by atoms with E-state index in [2.05, 4.69) is 5.32 Å². The molecule has 0 saturated heterocycles. The van der Waals surface area contributed by atoms with Crippen LogP contribution in [-0.4, -0.2) is 17.9 Å². The molecule has 0 radical (unpaired) electrons. The SMILES string of the molecule is O=C([O-])C[C@@H]([NH2+]Cc1ccco1)C(=O)Nc1ccccc1. The highest BCUT2D eigenvalue weighted by molar-refractivity contribution is 5.95. The van der Waals surface area contributed by atoms with Crippen LogP contribution in [0.4, 0.5) is 5.69 Å². The molecule has 2 aromatic rings. The smallest absolute Gasteiger partial charge is 0.283 e. The van der Waals surface area contributed by atoms with Gasteiger partial charge < -0.3 is 25.0 Å². The van der Waals surface area contributed by atoms with Crippen LogP contribution in [0, 0.1) is 0 Å². The fourth-order valence-electron chi connectivity index (χ4n) is 1.91. The summed E-state index contributed by atoms with van der Waals surface area (Å²) in [5.41, 5.74) is 0.622. The first-order valence-corrected chi connectivity index (χ1v) is 6.56. The number of benzene rings is 1. The molecule has 1 atom stereocenters. The summed E-state index contributed by atoms with van der Waals surface area (Å²) < 4.78 is 5.16. The highest BCUT2D eigenvalue weighted by Crippen LogP contribution is 2.05. The number of aliphatic carboxylic acids is 1. The van der Waals surface area contributed by atoms with E-state index in [1.807, 2.05) is 6.07 Å². The van der Waals surface area contributed by atoms with Gasteiger partial charge in [-0.05, 0) is 24.3 Å². The second-order valence-corrected chi connectivity index (χ2v) is 4.56. The van der Waals surface area contributed by atoms with Crippen molar-refractivity contribution in [3.05, 3.63) is 54.5 Å². The van der Waals surface area contributed by atoms with Crippen molar-refractivity contribution in [2.45, 2.75) is 19.0 Å². The highest BCUT2D eigenvalue weighted by Gasteiger charge is 2.22. The maximum absolute atomic E-state index is 12.1. The quantitative estimate of drug-likeness (QED) is 0.717. The van der Waals surface area contributed by atoms with Crippen LogP contribution >= 0.6 is 0 Å². The number of carbonyl (C=O) groups is 2. The van der Waals surface area contributed by atoms with Gasteiger partial charge in [0.25, 0.3) is 5.91 Å². The number of carboxylic acids is 1. The first kappa shape index (κ1) is 14.8. The van der Waals surface area contributed by atoms with Crippen LogP contribution in [0.1, 0.15) is 12.2 Å². The van der Waals surface area contributed by atoms with E-state index in [1.165, 1.54) is 6.26 Å². The Morgan fingerprint density at radius 1 is 1.19 bits per heavy atom. The van der Waals surface area contributed by atoms with E-state index < -0.39 is 12.0 Å². The van der Waals surface area contributed by atoms with Gasteiger partial charge in [-0.15, -0.1) is 0 Å². The molecule has 0 aliphatic rings. The minimum Gasteiger partial charge on any atom is -0.550 e. The molecule has 3 N–H and O–H groups in total. The van der Waals surface area contributed by atoms with Gasteiger partial charge in [0.1, 0.15) is 6.54 Å². The molecule has 0 spiro atoms. The number of hydrogen-bond donors (Lipinski definition) is 2. The zero-order valence-electron chi connectivity index (χ0n) is 11.3. The largest absolute Gasteiger partial charge is 0.550 e. The van der Waals surface area contributed by atoms with Crippen LogP contribution in [0.5, 0.6) is 0 Å². The second kappa shape index (κ2) is 7.25. The Kier molecular flexibility index (Phi) is 5.11. The lowest BCUT2D eigenvalue weighted by atomic mass is 10.1. The Morgan fingerprint density at radius 3 is 2.57 bits per heavy atom. The number of hydrogen-bond acceptors (Lipinski definition) is 4. The topological polar surface area (TPSA) is 99.0 Å². The third kappa shape index (κ3) is 4.77. The number of nitrogens with two attached hydrogens (primary N) is 1. The summed E-state index contributed by atoms with van der Waals surface area (Å²) in [6.07, 6.45) is 1.17. The van der Waals surface area contributed by atoms with Gasteiger partial charge in [-0.25, -0.2) is 0 Å². The molecule has 1 aromatic carbocycles. The van der Waals surface area contributed by atoms with Crippen molar-refractivity contribution in [1.29, 1.82) is 0 Å². The number of furan rings is 1. The summed E-state index contributed by atoms with van der Waals surface area (Å²) in [6, 6.07) is 11.6. The minimum absolute atomic E-state index is 0.362. The van der Waals surface area contributed by atoms with Gasteiger partial charge in [0.15, 0.2) is 11.8 Å². The first-order valence-electron chi connectivity index (χ1n) is 6.56. The Hall–Kier alpha value is -2.60.